The van der Waals surface area contributed by atoms with Crippen molar-refractivity contribution in [1.29, 1.82) is 0 Å². The summed E-state index contributed by atoms with van der Waals surface area (Å²) in [7, 11) is 0. The summed E-state index contributed by atoms with van der Waals surface area (Å²) in [6.07, 6.45) is -3.00. The van der Waals surface area contributed by atoms with Crippen LogP contribution < -0.4 is 0 Å². The van der Waals surface area contributed by atoms with Gasteiger partial charge in [0.15, 0.2) is 0 Å². The zero-order valence-electron chi connectivity index (χ0n) is 23.2. The van der Waals surface area contributed by atoms with Crippen molar-refractivity contribution in [1.82, 2.24) is 9.80 Å². The number of amides is 4. The molecule has 0 aromatic heterocycles. The molecule has 2 aliphatic heterocycles. The van der Waals surface area contributed by atoms with Crippen LogP contribution in [0.2, 0.25) is 0 Å². The highest BCUT2D eigenvalue weighted by molar-refractivity contribution is 5.98. The molecular formula is C30H36N2O7. The van der Waals surface area contributed by atoms with Gasteiger partial charge in [0.05, 0.1) is 12.1 Å². The molecule has 39 heavy (non-hydrogen) atoms. The van der Waals surface area contributed by atoms with Crippen LogP contribution in [0.4, 0.5) is 9.59 Å². The van der Waals surface area contributed by atoms with Crippen molar-refractivity contribution in [2.45, 2.75) is 89.9 Å². The second kappa shape index (κ2) is 10.8. The van der Waals surface area contributed by atoms with Gasteiger partial charge in [-0.05, 0) is 65.5 Å². The molecule has 2 unspecified atom stereocenters. The lowest BCUT2D eigenvalue weighted by Gasteiger charge is -2.31. The van der Waals surface area contributed by atoms with Crippen molar-refractivity contribution in [3.63, 3.8) is 0 Å². The molecular weight excluding hydrogens is 500 g/mol. The quantitative estimate of drug-likeness (QED) is 0.489. The summed E-state index contributed by atoms with van der Waals surface area (Å²) in [5, 5.41) is 0. The highest BCUT2D eigenvalue weighted by Crippen LogP contribution is 2.34. The van der Waals surface area contributed by atoms with E-state index in [9.17, 15) is 19.2 Å². The third kappa shape index (κ3) is 5.83. The number of carbonyl (C=O) groups excluding carboxylic acids is 4. The maximum Gasteiger partial charge on any atom is 0.417 e. The fourth-order valence-corrected chi connectivity index (χ4v) is 5.21. The predicted molar refractivity (Wildman–Crippen MR) is 143 cm³/mol. The molecule has 9 heteroatoms. The van der Waals surface area contributed by atoms with Gasteiger partial charge in [-0.25, -0.2) is 19.4 Å². The van der Waals surface area contributed by atoms with Crippen LogP contribution in [0.1, 0.15) is 52.7 Å². The lowest BCUT2D eigenvalue weighted by Crippen LogP contribution is -2.52. The van der Waals surface area contributed by atoms with E-state index in [1.165, 1.54) is 13.8 Å². The lowest BCUT2D eigenvalue weighted by atomic mass is 9.92. The van der Waals surface area contributed by atoms with Crippen LogP contribution in [-0.4, -0.2) is 69.3 Å². The van der Waals surface area contributed by atoms with Crippen molar-refractivity contribution >= 4 is 24.0 Å². The van der Waals surface area contributed by atoms with Crippen molar-refractivity contribution in [3.05, 3.63) is 71.8 Å². The molecule has 0 bridgehead atoms. The molecule has 9 nitrogen and oxygen atoms in total. The zero-order chi connectivity index (χ0) is 28.5. The molecule has 2 aliphatic rings. The number of rotatable bonds is 8. The van der Waals surface area contributed by atoms with Gasteiger partial charge in [0.2, 0.25) is 0 Å². The number of benzene rings is 2. The Balaban J connectivity index is 1.48. The first-order valence-corrected chi connectivity index (χ1v) is 13.2. The normalized spacial score (nSPS) is 23.2. The summed E-state index contributed by atoms with van der Waals surface area (Å²) in [6.45, 7) is 10.0. The average molecular weight is 537 g/mol. The van der Waals surface area contributed by atoms with E-state index in [4.69, 9.17) is 14.2 Å². The first-order valence-electron chi connectivity index (χ1n) is 13.2. The van der Waals surface area contributed by atoms with E-state index in [2.05, 4.69) is 0 Å². The smallest absolute Gasteiger partial charge is 0.417 e. The molecule has 0 spiro atoms. The molecule has 0 saturated carbocycles. The number of cyclic esters (lactones) is 2. The van der Waals surface area contributed by atoms with Crippen LogP contribution in [0.5, 0.6) is 0 Å². The Morgan fingerprint density at radius 2 is 1.05 bits per heavy atom. The second-order valence-corrected chi connectivity index (χ2v) is 11.2. The third-order valence-electron chi connectivity index (χ3n) is 7.44. The highest BCUT2D eigenvalue weighted by atomic mass is 16.6. The standard InChI is InChI=1S/C30H36N2O7/c1-19(25(33)31-23(29(3,4)38-27(31)35)17-21-13-9-7-10-14-21)37-20(2)26(34)32-24(30(5,6)39-28(32)36)18-22-15-11-8-12-16-22/h7-16,19-20,23-24H,17-18H2,1-6H3/t19?,20?,23-,24-/m0/s1. The minimum Gasteiger partial charge on any atom is -0.441 e. The number of hydrogen-bond acceptors (Lipinski definition) is 7. The van der Waals surface area contributed by atoms with Crippen LogP contribution in [0, 0.1) is 0 Å². The molecule has 2 aromatic rings. The zero-order valence-corrected chi connectivity index (χ0v) is 23.2. The number of hydrogen-bond donors (Lipinski definition) is 0. The van der Waals surface area contributed by atoms with Gasteiger partial charge in [-0.1, -0.05) is 60.7 Å². The van der Waals surface area contributed by atoms with E-state index in [0.29, 0.717) is 12.8 Å². The number of carbonyl (C=O) groups is 4. The molecule has 0 aliphatic carbocycles. The van der Waals surface area contributed by atoms with Crippen LogP contribution >= 0.6 is 0 Å². The first-order chi connectivity index (χ1) is 18.3. The van der Waals surface area contributed by atoms with E-state index in [-0.39, 0.29) is 0 Å². The van der Waals surface area contributed by atoms with E-state index < -0.39 is 59.5 Å². The molecule has 4 rings (SSSR count). The van der Waals surface area contributed by atoms with Crippen molar-refractivity contribution in [2.24, 2.45) is 0 Å². The monoisotopic (exact) mass is 536 g/mol. The largest absolute Gasteiger partial charge is 0.441 e. The Bertz CT molecular complexity index is 1130. The summed E-state index contributed by atoms with van der Waals surface area (Å²) in [5.74, 6) is -1.23. The number of imide groups is 2. The minimum absolute atomic E-state index is 0.405. The summed E-state index contributed by atoms with van der Waals surface area (Å²) in [5.41, 5.74) is 0.0605. The predicted octanol–water partition coefficient (Wildman–Crippen LogP) is 4.52. The minimum atomic E-state index is -1.15. The topological polar surface area (TPSA) is 102 Å². The summed E-state index contributed by atoms with van der Waals surface area (Å²) < 4.78 is 16.9. The van der Waals surface area contributed by atoms with E-state index in [1.807, 2.05) is 60.7 Å². The van der Waals surface area contributed by atoms with Gasteiger partial charge >= 0.3 is 12.2 Å². The Morgan fingerprint density at radius 1 is 0.718 bits per heavy atom. The molecule has 2 saturated heterocycles. The number of ether oxygens (including phenoxy) is 3. The van der Waals surface area contributed by atoms with Gasteiger partial charge in [-0.15, -0.1) is 0 Å². The van der Waals surface area contributed by atoms with Gasteiger partial charge in [0.1, 0.15) is 23.4 Å². The van der Waals surface area contributed by atoms with Crippen molar-refractivity contribution in [2.75, 3.05) is 0 Å². The molecule has 4 amide bonds. The van der Waals surface area contributed by atoms with E-state index in [1.54, 1.807) is 27.7 Å². The molecule has 4 atom stereocenters. The number of nitrogens with zero attached hydrogens (tertiary/aromatic N) is 2. The SMILES string of the molecule is CC(OC(C)C(=O)N1C(=O)OC(C)(C)[C@@H]1Cc1ccccc1)C(=O)N1C(=O)OC(C)(C)[C@@H]1Cc1ccccc1. The van der Waals surface area contributed by atoms with E-state index in [0.717, 1.165) is 20.9 Å². The molecule has 0 N–H and O–H groups in total. The van der Waals surface area contributed by atoms with Gasteiger partial charge in [-0.2, -0.15) is 0 Å². The maximum absolute atomic E-state index is 13.5. The van der Waals surface area contributed by atoms with Crippen molar-refractivity contribution in [3.8, 4) is 0 Å². The Morgan fingerprint density at radius 3 is 1.38 bits per heavy atom. The average Bonchev–Trinajstić information content (AvgIpc) is 3.24. The molecule has 2 fully saturated rings. The van der Waals surface area contributed by atoms with Gasteiger partial charge in [0, 0.05) is 0 Å². The lowest BCUT2D eigenvalue weighted by molar-refractivity contribution is -0.153. The fourth-order valence-electron chi connectivity index (χ4n) is 5.21. The molecule has 2 heterocycles. The van der Waals surface area contributed by atoms with Crippen LogP contribution in [-0.2, 0) is 36.6 Å². The summed E-state index contributed by atoms with van der Waals surface area (Å²) in [4.78, 5) is 54.7. The summed E-state index contributed by atoms with van der Waals surface area (Å²) >= 11 is 0. The Labute approximate surface area is 229 Å². The maximum atomic E-state index is 13.5. The Hall–Kier alpha value is -3.72. The Kier molecular flexibility index (Phi) is 7.84. The molecule has 0 radical (unpaired) electrons. The third-order valence-corrected chi connectivity index (χ3v) is 7.44. The highest BCUT2D eigenvalue weighted by Gasteiger charge is 2.53. The summed E-state index contributed by atoms with van der Waals surface area (Å²) in [6, 6.07) is 17.9. The fraction of sp³-hybridized carbons (Fsp3) is 0.467. The first kappa shape index (κ1) is 28.3. The second-order valence-electron chi connectivity index (χ2n) is 11.2. The molecule has 2 aromatic carbocycles. The van der Waals surface area contributed by atoms with Crippen LogP contribution in [0.3, 0.4) is 0 Å². The van der Waals surface area contributed by atoms with Gasteiger partial charge < -0.3 is 14.2 Å². The van der Waals surface area contributed by atoms with Crippen molar-refractivity contribution < 1.29 is 33.4 Å². The van der Waals surface area contributed by atoms with Gasteiger partial charge in [-0.3, -0.25) is 9.59 Å². The van der Waals surface area contributed by atoms with Gasteiger partial charge in [0.25, 0.3) is 11.8 Å². The molecule has 208 valence electrons. The van der Waals surface area contributed by atoms with Crippen LogP contribution in [0.25, 0.3) is 0 Å². The van der Waals surface area contributed by atoms with E-state index >= 15 is 0 Å². The van der Waals surface area contributed by atoms with Crippen LogP contribution in [0.15, 0.2) is 60.7 Å².